The number of carbonyl (C=O) groups is 2. The van der Waals surface area contributed by atoms with E-state index in [0.29, 0.717) is 17.0 Å². The van der Waals surface area contributed by atoms with Crippen molar-refractivity contribution in [1.82, 2.24) is 15.2 Å². The van der Waals surface area contributed by atoms with Crippen LogP contribution in [0.1, 0.15) is 99.7 Å². The Morgan fingerprint density at radius 3 is 2.40 bits per heavy atom. The molecule has 3 aromatic rings. The molecular weight excluding hydrogens is 607 g/mol. The molecule has 258 valence electrons. The molecule has 1 atom stereocenters. The summed E-state index contributed by atoms with van der Waals surface area (Å²) in [6.45, 7) is 19.6. The van der Waals surface area contributed by atoms with Crippen LogP contribution in [0.25, 0.3) is 11.1 Å². The van der Waals surface area contributed by atoms with Crippen molar-refractivity contribution in [3.8, 4) is 11.1 Å². The number of benzene rings is 2. The molecule has 2 aromatic carbocycles. The number of anilines is 1. The van der Waals surface area contributed by atoms with Gasteiger partial charge in [0.25, 0.3) is 0 Å². The lowest BCUT2D eigenvalue weighted by atomic mass is 9.81. The maximum absolute atomic E-state index is 13.7. The van der Waals surface area contributed by atoms with E-state index >= 15 is 0 Å². The third kappa shape index (κ3) is 8.24. The van der Waals surface area contributed by atoms with Gasteiger partial charge in [0.1, 0.15) is 5.82 Å². The Morgan fingerprint density at radius 2 is 1.77 bits per heavy atom. The molecule has 5 rings (SSSR count). The molecule has 1 unspecified atom stereocenters. The van der Waals surface area contributed by atoms with Gasteiger partial charge in [0.15, 0.2) is 6.10 Å². The van der Waals surface area contributed by atoms with Crippen molar-refractivity contribution in [3.05, 3.63) is 81.4 Å². The van der Waals surface area contributed by atoms with Crippen LogP contribution < -0.4 is 10.2 Å². The van der Waals surface area contributed by atoms with E-state index in [1.54, 1.807) is 6.07 Å². The number of aromatic nitrogens is 1. The predicted octanol–water partition coefficient (Wildman–Crippen LogP) is 7.27. The fourth-order valence-corrected chi connectivity index (χ4v) is 6.94. The summed E-state index contributed by atoms with van der Waals surface area (Å²) in [6, 6.07) is 11.5. The zero-order valence-corrected chi connectivity index (χ0v) is 29.8. The molecule has 2 N–H and O–H groups in total. The highest BCUT2D eigenvalue weighted by Gasteiger charge is 2.37. The zero-order chi connectivity index (χ0) is 35.0. The highest BCUT2D eigenvalue weighted by Crippen LogP contribution is 2.45. The van der Waals surface area contributed by atoms with Crippen molar-refractivity contribution < 1.29 is 23.8 Å². The monoisotopic (exact) mass is 658 g/mol. The van der Waals surface area contributed by atoms with Crippen LogP contribution in [0.15, 0.2) is 36.4 Å². The molecule has 3 heterocycles. The van der Waals surface area contributed by atoms with Crippen molar-refractivity contribution in [2.45, 2.75) is 106 Å². The number of piperidine rings is 1. The highest BCUT2D eigenvalue weighted by atomic mass is 19.1. The quantitative estimate of drug-likeness (QED) is 0.250. The number of aliphatic carboxylic acids is 1. The molecule has 0 radical (unpaired) electrons. The van der Waals surface area contributed by atoms with Gasteiger partial charge in [-0.15, -0.1) is 0 Å². The number of halogens is 1. The number of carboxylic acids is 1. The number of aryl methyl sites for hydroxylation is 2. The smallest absolute Gasteiger partial charge is 0.337 e. The predicted molar refractivity (Wildman–Crippen MR) is 187 cm³/mol. The minimum Gasteiger partial charge on any atom is -0.479 e. The number of rotatable bonds is 9. The average Bonchev–Trinajstić information content (AvgIpc) is 2.99. The van der Waals surface area contributed by atoms with E-state index in [1.165, 1.54) is 24.1 Å². The van der Waals surface area contributed by atoms with Gasteiger partial charge < -0.3 is 20.1 Å². The first-order valence-corrected chi connectivity index (χ1v) is 17.0. The SMILES string of the molecule is CC(=O)NCc1nc(C)c(C(OC(C)(C)C)C(=O)O)c(N2CCC(C)(C)CC2)c1-c1ccc2c(c1)CCN(Cc1ccc(F)cc1C)C2. The number of hydrogen-bond donors (Lipinski definition) is 2. The van der Waals surface area contributed by atoms with Crippen LogP contribution in [0.4, 0.5) is 10.1 Å². The maximum Gasteiger partial charge on any atom is 0.337 e. The summed E-state index contributed by atoms with van der Waals surface area (Å²) in [5.74, 6) is -1.44. The van der Waals surface area contributed by atoms with Crippen LogP contribution in [-0.4, -0.2) is 52.1 Å². The van der Waals surface area contributed by atoms with Gasteiger partial charge in [-0.1, -0.05) is 38.1 Å². The molecule has 0 spiro atoms. The minimum absolute atomic E-state index is 0.160. The van der Waals surface area contributed by atoms with Crippen LogP contribution in [0, 0.1) is 25.1 Å². The first kappa shape index (κ1) is 35.5. The van der Waals surface area contributed by atoms with Gasteiger partial charge in [0.2, 0.25) is 5.91 Å². The molecule has 9 heteroatoms. The van der Waals surface area contributed by atoms with Crippen LogP contribution in [-0.2, 0) is 40.4 Å². The second kappa shape index (κ2) is 14.0. The molecule has 48 heavy (non-hydrogen) atoms. The molecule has 1 aromatic heterocycles. The van der Waals surface area contributed by atoms with E-state index in [2.05, 4.69) is 47.2 Å². The summed E-state index contributed by atoms with van der Waals surface area (Å²) < 4.78 is 20.0. The topological polar surface area (TPSA) is 95.0 Å². The van der Waals surface area contributed by atoms with E-state index in [1.807, 2.05) is 40.7 Å². The zero-order valence-electron chi connectivity index (χ0n) is 29.8. The first-order chi connectivity index (χ1) is 22.5. The molecular formula is C39H51FN4O4. The van der Waals surface area contributed by atoms with E-state index < -0.39 is 17.7 Å². The summed E-state index contributed by atoms with van der Waals surface area (Å²) in [7, 11) is 0. The van der Waals surface area contributed by atoms with E-state index in [-0.39, 0.29) is 23.7 Å². The lowest BCUT2D eigenvalue weighted by Gasteiger charge is -2.41. The number of ether oxygens (including phenoxy) is 1. The lowest BCUT2D eigenvalue weighted by molar-refractivity contribution is -0.160. The minimum atomic E-state index is -1.22. The van der Waals surface area contributed by atoms with Gasteiger partial charge in [-0.25, -0.2) is 9.18 Å². The Balaban J connectivity index is 1.63. The molecule has 2 aliphatic heterocycles. The maximum atomic E-state index is 13.7. The van der Waals surface area contributed by atoms with E-state index in [4.69, 9.17) is 9.72 Å². The Morgan fingerprint density at radius 1 is 1.06 bits per heavy atom. The number of nitrogens with zero attached hydrogens (tertiary/aromatic N) is 3. The van der Waals surface area contributed by atoms with E-state index in [9.17, 15) is 19.1 Å². The molecule has 0 saturated carbocycles. The first-order valence-electron chi connectivity index (χ1n) is 17.0. The molecule has 1 saturated heterocycles. The van der Waals surface area contributed by atoms with Crippen LogP contribution in [0.3, 0.4) is 0 Å². The molecule has 0 aliphatic carbocycles. The fourth-order valence-electron chi connectivity index (χ4n) is 6.94. The number of carboxylic acid groups (broad SMARTS) is 1. The summed E-state index contributed by atoms with van der Waals surface area (Å²) in [5.41, 5.74) is 8.49. The number of carbonyl (C=O) groups excluding carboxylic acids is 1. The Labute approximate surface area is 284 Å². The Hall–Kier alpha value is -3.82. The van der Waals surface area contributed by atoms with Crippen LogP contribution in [0.2, 0.25) is 0 Å². The van der Waals surface area contributed by atoms with Crippen molar-refractivity contribution in [2.75, 3.05) is 24.5 Å². The largest absolute Gasteiger partial charge is 0.479 e. The summed E-state index contributed by atoms with van der Waals surface area (Å²) >= 11 is 0. The Bertz CT molecular complexity index is 1690. The fraction of sp³-hybridized carbons (Fsp3) is 0.513. The number of fused-ring (bicyclic) bond motifs is 1. The summed E-state index contributed by atoms with van der Waals surface area (Å²) in [6.07, 6.45) is 1.53. The number of nitrogens with one attached hydrogen (secondary N) is 1. The van der Waals surface area contributed by atoms with Crippen molar-refractivity contribution in [2.24, 2.45) is 5.41 Å². The second-order valence-corrected chi connectivity index (χ2v) is 15.3. The van der Waals surface area contributed by atoms with E-state index in [0.717, 1.165) is 79.9 Å². The number of pyridine rings is 1. The summed E-state index contributed by atoms with van der Waals surface area (Å²) in [5, 5.41) is 13.5. The van der Waals surface area contributed by atoms with Gasteiger partial charge in [0.05, 0.1) is 23.5 Å². The van der Waals surface area contributed by atoms with Crippen molar-refractivity contribution in [3.63, 3.8) is 0 Å². The van der Waals surface area contributed by atoms with Gasteiger partial charge in [0, 0.05) is 56.5 Å². The molecule has 1 amide bonds. The van der Waals surface area contributed by atoms with Gasteiger partial charge >= 0.3 is 5.97 Å². The molecule has 8 nitrogen and oxygen atoms in total. The summed E-state index contributed by atoms with van der Waals surface area (Å²) in [4.78, 5) is 34.8. The lowest BCUT2D eigenvalue weighted by Crippen LogP contribution is -2.39. The van der Waals surface area contributed by atoms with Crippen LogP contribution in [0.5, 0.6) is 0 Å². The third-order valence-corrected chi connectivity index (χ3v) is 9.65. The Kier molecular flexibility index (Phi) is 10.3. The standard InChI is InChI=1S/C39H51FN4O4/c1-24-19-31(40)12-11-29(24)22-43-16-13-27-20-28(9-10-30(27)23-43)34-32(21-41-26(3)45)42-25(2)33(36(37(46)47)48-38(4,5)6)35(34)44-17-14-39(7,8)15-18-44/h9-12,19-20,36H,13-18,21-23H2,1-8H3,(H,41,45)(H,46,47). The van der Waals surface area contributed by atoms with Gasteiger partial charge in [-0.3, -0.25) is 14.7 Å². The molecule has 2 aliphatic rings. The molecule has 0 bridgehead atoms. The average molecular weight is 659 g/mol. The number of amides is 1. The van der Waals surface area contributed by atoms with Crippen molar-refractivity contribution in [1.29, 1.82) is 0 Å². The van der Waals surface area contributed by atoms with Crippen LogP contribution >= 0.6 is 0 Å². The molecule has 1 fully saturated rings. The number of hydrogen-bond acceptors (Lipinski definition) is 6. The second-order valence-electron chi connectivity index (χ2n) is 15.3. The highest BCUT2D eigenvalue weighted by molar-refractivity contribution is 5.88. The van der Waals surface area contributed by atoms with Crippen molar-refractivity contribution >= 4 is 17.6 Å². The third-order valence-electron chi connectivity index (χ3n) is 9.65. The van der Waals surface area contributed by atoms with Gasteiger partial charge in [-0.2, -0.15) is 0 Å². The van der Waals surface area contributed by atoms with Gasteiger partial charge in [-0.05, 0) is 99.2 Å². The normalized spacial score (nSPS) is 17.1.